The lowest BCUT2D eigenvalue weighted by atomic mass is 10.0. The van der Waals surface area contributed by atoms with Gasteiger partial charge in [0.1, 0.15) is 6.04 Å². The van der Waals surface area contributed by atoms with Crippen molar-refractivity contribution in [2.24, 2.45) is 5.73 Å². The Morgan fingerprint density at radius 3 is 2.61 bits per heavy atom. The molecule has 8 nitrogen and oxygen atoms in total. The number of nitrogens with two attached hydrogens (primary N) is 1. The van der Waals surface area contributed by atoms with Crippen LogP contribution in [0, 0.1) is 0 Å². The second-order valence-corrected chi connectivity index (χ2v) is 7.97. The number of hydrogen-bond donors (Lipinski definition) is 3. The van der Waals surface area contributed by atoms with Crippen LogP contribution in [0.4, 0.5) is 0 Å². The lowest BCUT2D eigenvalue weighted by molar-refractivity contribution is -0.136. The van der Waals surface area contributed by atoms with Gasteiger partial charge in [-0.3, -0.25) is 29.4 Å². The van der Waals surface area contributed by atoms with E-state index in [1.807, 2.05) is 6.07 Å². The minimum Gasteiger partial charge on any atom is -0.325 e. The number of amides is 4. The predicted molar refractivity (Wildman–Crippen MR) is 100 cm³/mol. The first-order chi connectivity index (χ1) is 13.4. The third kappa shape index (κ3) is 3.57. The number of fused-ring (bicyclic) bond motifs is 1. The fraction of sp³-hybridized carbons (Fsp3) is 0.500. The van der Waals surface area contributed by atoms with Crippen LogP contribution >= 0.6 is 0 Å². The molecule has 0 spiro atoms. The van der Waals surface area contributed by atoms with E-state index in [-0.39, 0.29) is 24.3 Å². The molecule has 148 valence electrons. The van der Waals surface area contributed by atoms with Crippen LogP contribution in [-0.4, -0.2) is 46.7 Å². The van der Waals surface area contributed by atoms with Crippen molar-refractivity contribution in [1.82, 2.24) is 15.5 Å². The number of nitrogens with one attached hydrogen (secondary N) is 2. The molecule has 8 heteroatoms. The van der Waals surface area contributed by atoms with Gasteiger partial charge in [-0.25, -0.2) is 0 Å². The lowest BCUT2D eigenvalue weighted by Crippen LogP contribution is -2.54. The molecule has 1 aromatic rings. The first-order valence-corrected chi connectivity index (χ1v) is 9.72. The summed E-state index contributed by atoms with van der Waals surface area (Å²) in [4.78, 5) is 49.8. The number of nitrogens with zero attached hydrogens (tertiary/aromatic N) is 1. The van der Waals surface area contributed by atoms with Crippen molar-refractivity contribution in [2.45, 2.75) is 56.7 Å². The van der Waals surface area contributed by atoms with Gasteiger partial charge in [-0.1, -0.05) is 6.07 Å². The van der Waals surface area contributed by atoms with E-state index < -0.39 is 23.8 Å². The summed E-state index contributed by atoms with van der Waals surface area (Å²) in [6, 6.07) is 4.23. The highest BCUT2D eigenvalue weighted by atomic mass is 16.2. The fourth-order valence-corrected chi connectivity index (χ4v) is 3.84. The molecule has 4 amide bonds. The Hall–Kier alpha value is -2.58. The van der Waals surface area contributed by atoms with Crippen molar-refractivity contribution in [3.05, 3.63) is 34.9 Å². The second kappa shape index (κ2) is 7.10. The molecular formula is C20H24N4O4. The molecule has 3 aliphatic rings. The largest absolute Gasteiger partial charge is 0.325 e. The molecule has 0 aromatic heterocycles. The minimum atomic E-state index is -0.933. The Morgan fingerprint density at radius 2 is 1.89 bits per heavy atom. The summed E-state index contributed by atoms with van der Waals surface area (Å²) in [5, 5.41) is 5.54. The van der Waals surface area contributed by atoms with Crippen molar-refractivity contribution in [3.63, 3.8) is 0 Å². The van der Waals surface area contributed by atoms with Gasteiger partial charge in [-0.15, -0.1) is 0 Å². The summed E-state index contributed by atoms with van der Waals surface area (Å²) in [5.74, 6) is -1.93. The molecule has 1 atom stereocenters. The van der Waals surface area contributed by atoms with Crippen molar-refractivity contribution in [1.29, 1.82) is 0 Å². The molecule has 1 saturated carbocycles. The van der Waals surface area contributed by atoms with Gasteiger partial charge in [0.05, 0.1) is 11.1 Å². The van der Waals surface area contributed by atoms with Gasteiger partial charge in [-0.2, -0.15) is 0 Å². The molecule has 28 heavy (non-hydrogen) atoms. The number of benzene rings is 1. The van der Waals surface area contributed by atoms with Crippen molar-refractivity contribution >= 4 is 23.6 Å². The molecule has 0 bridgehead atoms. The lowest BCUT2D eigenvalue weighted by Gasteiger charge is -2.27. The van der Waals surface area contributed by atoms with Crippen LogP contribution < -0.4 is 16.4 Å². The molecule has 1 unspecified atom stereocenters. The maximum absolute atomic E-state index is 12.8. The molecule has 4 N–H and O–H groups in total. The standard InChI is InChI=1S/C20H24N4O4/c21-20(7-8-20)6-1-9-22-11-12-2-3-13-14(10-12)19(28)24(18(13)27)15-4-5-16(25)23-17(15)26/h2-3,10,15,22H,1,4-9,11,21H2,(H,23,25,26). The monoisotopic (exact) mass is 384 g/mol. The predicted octanol–water partition coefficient (Wildman–Crippen LogP) is 0.449. The molecule has 0 radical (unpaired) electrons. The van der Waals surface area contributed by atoms with Gasteiger partial charge >= 0.3 is 0 Å². The average Bonchev–Trinajstić information content (AvgIpc) is 3.34. The molecule has 2 aliphatic heterocycles. The maximum atomic E-state index is 12.8. The third-order valence-corrected chi connectivity index (χ3v) is 5.75. The molecule has 2 heterocycles. The third-order valence-electron chi connectivity index (χ3n) is 5.75. The van der Waals surface area contributed by atoms with Crippen molar-refractivity contribution in [3.8, 4) is 0 Å². The van der Waals surface area contributed by atoms with Crippen molar-refractivity contribution < 1.29 is 19.2 Å². The van der Waals surface area contributed by atoms with Gasteiger partial charge in [0, 0.05) is 18.5 Å². The Balaban J connectivity index is 1.39. The number of rotatable bonds is 7. The number of carbonyl (C=O) groups is 4. The summed E-state index contributed by atoms with van der Waals surface area (Å²) >= 11 is 0. The van der Waals surface area contributed by atoms with Gasteiger partial charge in [0.25, 0.3) is 11.8 Å². The summed E-state index contributed by atoms with van der Waals surface area (Å²) in [7, 11) is 0. The van der Waals surface area contributed by atoms with E-state index in [2.05, 4.69) is 10.6 Å². The van der Waals surface area contributed by atoms with E-state index in [1.165, 1.54) is 0 Å². The molecule has 1 aliphatic carbocycles. The molecule has 4 rings (SSSR count). The topological polar surface area (TPSA) is 122 Å². The summed E-state index contributed by atoms with van der Waals surface area (Å²) in [5.41, 5.74) is 7.65. The van der Waals surface area contributed by atoms with Gasteiger partial charge in [0.15, 0.2) is 0 Å². The van der Waals surface area contributed by atoms with Crippen LogP contribution in [0.3, 0.4) is 0 Å². The summed E-state index contributed by atoms with van der Waals surface area (Å²) in [6.07, 6.45) is 4.51. The van der Waals surface area contributed by atoms with E-state index in [4.69, 9.17) is 5.73 Å². The zero-order chi connectivity index (χ0) is 19.9. The maximum Gasteiger partial charge on any atom is 0.262 e. The van der Waals surface area contributed by atoms with E-state index in [0.717, 1.165) is 42.7 Å². The van der Waals surface area contributed by atoms with Crippen LogP contribution in [0.2, 0.25) is 0 Å². The second-order valence-electron chi connectivity index (χ2n) is 7.97. The van der Waals surface area contributed by atoms with Gasteiger partial charge in [-0.05, 0) is 56.3 Å². The summed E-state index contributed by atoms with van der Waals surface area (Å²) in [6.45, 7) is 1.43. The fourth-order valence-electron chi connectivity index (χ4n) is 3.84. The smallest absolute Gasteiger partial charge is 0.262 e. The number of carbonyl (C=O) groups excluding carboxylic acids is 4. The zero-order valence-corrected chi connectivity index (χ0v) is 15.6. The normalized spacial score (nSPS) is 23.0. The Labute approximate surface area is 162 Å². The number of hydrogen-bond acceptors (Lipinski definition) is 6. The minimum absolute atomic E-state index is 0.0571. The Morgan fingerprint density at radius 1 is 1.14 bits per heavy atom. The first-order valence-electron chi connectivity index (χ1n) is 9.72. The van der Waals surface area contributed by atoms with Gasteiger partial charge < -0.3 is 11.1 Å². The van der Waals surface area contributed by atoms with Crippen LogP contribution in [0.25, 0.3) is 0 Å². The van der Waals surface area contributed by atoms with Crippen LogP contribution in [0.1, 0.15) is 64.8 Å². The molecule has 1 aromatic carbocycles. The zero-order valence-electron chi connectivity index (χ0n) is 15.6. The van der Waals surface area contributed by atoms with Gasteiger partial charge in [0.2, 0.25) is 11.8 Å². The highest BCUT2D eigenvalue weighted by molar-refractivity contribution is 6.23. The molecule has 1 saturated heterocycles. The van der Waals surface area contributed by atoms with E-state index in [0.29, 0.717) is 17.7 Å². The molecule has 2 fully saturated rings. The van der Waals surface area contributed by atoms with Crippen LogP contribution in [0.15, 0.2) is 18.2 Å². The van der Waals surface area contributed by atoms with Crippen LogP contribution in [-0.2, 0) is 16.1 Å². The highest BCUT2D eigenvalue weighted by Gasteiger charge is 2.44. The highest BCUT2D eigenvalue weighted by Crippen LogP contribution is 2.36. The first kappa shape index (κ1) is 18.8. The average molecular weight is 384 g/mol. The SMILES string of the molecule is NC1(CCCNCc2ccc3c(c2)C(=O)N(C2CCC(=O)NC2=O)C3=O)CC1. The van der Waals surface area contributed by atoms with E-state index in [1.54, 1.807) is 12.1 Å². The quantitative estimate of drug-likeness (QED) is 0.463. The summed E-state index contributed by atoms with van der Waals surface area (Å²) < 4.78 is 0. The number of piperidine rings is 1. The van der Waals surface area contributed by atoms with E-state index in [9.17, 15) is 19.2 Å². The van der Waals surface area contributed by atoms with E-state index >= 15 is 0 Å². The molecular weight excluding hydrogens is 360 g/mol. The van der Waals surface area contributed by atoms with Crippen LogP contribution in [0.5, 0.6) is 0 Å². The Bertz CT molecular complexity index is 862. The number of imide groups is 2. The Kier molecular flexibility index (Phi) is 4.76. The van der Waals surface area contributed by atoms with Crippen molar-refractivity contribution in [2.75, 3.05) is 6.54 Å².